The lowest BCUT2D eigenvalue weighted by Crippen LogP contribution is -2.45. The Bertz CT molecular complexity index is 770. The fourth-order valence-electron chi connectivity index (χ4n) is 3.34. The molecular weight excluding hydrogens is 432 g/mol. The molecule has 3 rings (SSSR count). The van der Waals surface area contributed by atoms with Crippen LogP contribution in [0.3, 0.4) is 0 Å². The number of hydrogen-bond donors (Lipinski definition) is 2. The zero-order valence-corrected chi connectivity index (χ0v) is 17.2. The molecule has 0 bridgehead atoms. The molecule has 1 heterocycles. The molecule has 0 radical (unpaired) electrons. The number of phenols is 1. The van der Waals surface area contributed by atoms with Crippen LogP contribution in [0, 0.1) is 0 Å². The predicted molar refractivity (Wildman–Crippen MR) is 109 cm³/mol. The Morgan fingerprint density at radius 2 is 1.66 bits per heavy atom. The molecular formula is C19H23Cl2F3N2O3. The number of rotatable bonds is 5. The van der Waals surface area contributed by atoms with Crippen LogP contribution in [0.25, 0.3) is 0 Å². The minimum Gasteiger partial charge on any atom is -0.507 e. The van der Waals surface area contributed by atoms with Gasteiger partial charge in [0.1, 0.15) is 17.2 Å². The van der Waals surface area contributed by atoms with E-state index in [0.717, 1.165) is 31.7 Å². The van der Waals surface area contributed by atoms with Crippen molar-refractivity contribution in [3.8, 4) is 17.2 Å². The summed E-state index contributed by atoms with van der Waals surface area (Å²) in [7, 11) is 1.52. The van der Waals surface area contributed by atoms with Crippen LogP contribution >= 0.6 is 24.8 Å². The second kappa shape index (κ2) is 10.8. The summed E-state index contributed by atoms with van der Waals surface area (Å²) >= 11 is 0. The lowest BCUT2D eigenvalue weighted by molar-refractivity contribution is -0.274. The Hall–Kier alpha value is -1.87. The first-order chi connectivity index (χ1) is 12.9. The predicted octanol–water partition coefficient (Wildman–Crippen LogP) is 4.14. The summed E-state index contributed by atoms with van der Waals surface area (Å²) in [4.78, 5) is 2.16. The number of halogens is 5. The van der Waals surface area contributed by atoms with Crippen molar-refractivity contribution in [3.05, 3.63) is 53.6 Å². The van der Waals surface area contributed by atoms with E-state index in [4.69, 9.17) is 4.74 Å². The van der Waals surface area contributed by atoms with E-state index >= 15 is 0 Å². The zero-order chi connectivity index (χ0) is 19.4. The maximum atomic E-state index is 12.4. The van der Waals surface area contributed by atoms with E-state index in [-0.39, 0.29) is 42.4 Å². The maximum absolute atomic E-state index is 12.4. The van der Waals surface area contributed by atoms with Crippen molar-refractivity contribution in [3.63, 3.8) is 0 Å². The first-order valence-corrected chi connectivity index (χ1v) is 8.55. The molecule has 2 aromatic rings. The van der Waals surface area contributed by atoms with Crippen LogP contribution in [0.5, 0.6) is 17.2 Å². The molecule has 1 saturated heterocycles. The summed E-state index contributed by atoms with van der Waals surface area (Å²) in [5, 5.41) is 13.8. The number of nitrogens with one attached hydrogen (secondary N) is 1. The molecule has 1 aliphatic heterocycles. The first kappa shape index (κ1) is 25.2. The highest BCUT2D eigenvalue weighted by atomic mass is 35.5. The van der Waals surface area contributed by atoms with Gasteiger partial charge in [-0.15, -0.1) is 38.0 Å². The van der Waals surface area contributed by atoms with Gasteiger partial charge in [0.15, 0.2) is 0 Å². The van der Waals surface area contributed by atoms with Gasteiger partial charge in [-0.1, -0.05) is 18.2 Å². The van der Waals surface area contributed by atoms with Gasteiger partial charge in [-0.2, -0.15) is 0 Å². The molecule has 5 nitrogen and oxygen atoms in total. The van der Waals surface area contributed by atoms with E-state index in [2.05, 4.69) is 15.0 Å². The molecule has 1 fully saturated rings. The minimum atomic E-state index is -4.74. The van der Waals surface area contributed by atoms with Gasteiger partial charge in [0, 0.05) is 26.2 Å². The van der Waals surface area contributed by atoms with Crippen molar-refractivity contribution in [2.75, 3.05) is 33.3 Å². The van der Waals surface area contributed by atoms with Crippen molar-refractivity contribution < 1.29 is 27.8 Å². The summed E-state index contributed by atoms with van der Waals surface area (Å²) < 4.78 is 46.7. The number of piperazine rings is 1. The molecule has 0 unspecified atom stereocenters. The highest BCUT2D eigenvalue weighted by Gasteiger charge is 2.32. The lowest BCUT2D eigenvalue weighted by Gasteiger charge is -2.36. The highest BCUT2D eigenvalue weighted by Crippen LogP contribution is 2.41. The van der Waals surface area contributed by atoms with E-state index in [0.29, 0.717) is 11.3 Å². The molecule has 1 atom stereocenters. The molecule has 0 aromatic heterocycles. The summed E-state index contributed by atoms with van der Waals surface area (Å²) in [6.07, 6.45) is -4.74. The monoisotopic (exact) mass is 454 g/mol. The number of alkyl halides is 3. The molecule has 1 aliphatic rings. The average molecular weight is 455 g/mol. The fraction of sp³-hybridized carbons (Fsp3) is 0.368. The summed E-state index contributed by atoms with van der Waals surface area (Å²) in [6, 6.07) is 10.4. The quantitative estimate of drug-likeness (QED) is 0.710. The second-order valence-corrected chi connectivity index (χ2v) is 6.20. The average Bonchev–Trinajstić information content (AvgIpc) is 2.64. The van der Waals surface area contributed by atoms with Gasteiger partial charge in [-0.05, 0) is 29.8 Å². The number of methoxy groups -OCH3 is 1. The van der Waals surface area contributed by atoms with Crippen molar-refractivity contribution in [2.45, 2.75) is 12.4 Å². The topological polar surface area (TPSA) is 54.0 Å². The molecule has 0 aliphatic carbocycles. The number of benzene rings is 2. The molecule has 10 heteroatoms. The van der Waals surface area contributed by atoms with Gasteiger partial charge in [0.05, 0.1) is 18.7 Å². The van der Waals surface area contributed by atoms with Gasteiger partial charge in [-0.3, -0.25) is 4.90 Å². The molecule has 2 N–H and O–H groups in total. The van der Waals surface area contributed by atoms with E-state index < -0.39 is 6.36 Å². The third-order valence-electron chi connectivity index (χ3n) is 4.48. The Kier molecular flexibility index (Phi) is 9.35. The number of aromatic hydroxyl groups is 1. The molecule has 0 spiro atoms. The van der Waals surface area contributed by atoms with E-state index in [1.165, 1.54) is 19.2 Å². The SMILES string of the molecule is COc1cccc(O)c1[C@H](c1ccc(OC(F)(F)F)cc1)N1CCNCC1.Cl.Cl. The Morgan fingerprint density at radius 3 is 2.21 bits per heavy atom. The smallest absolute Gasteiger partial charge is 0.507 e. The van der Waals surface area contributed by atoms with Crippen molar-refractivity contribution in [2.24, 2.45) is 0 Å². The number of hydrogen-bond acceptors (Lipinski definition) is 5. The largest absolute Gasteiger partial charge is 0.573 e. The van der Waals surface area contributed by atoms with Crippen molar-refractivity contribution >= 4 is 24.8 Å². The van der Waals surface area contributed by atoms with Gasteiger partial charge >= 0.3 is 6.36 Å². The van der Waals surface area contributed by atoms with E-state index in [1.54, 1.807) is 30.3 Å². The maximum Gasteiger partial charge on any atom is 0.573 e. The summed E-state index contributed by atoms with van der Waals surface area (Å²) in [6.45, 7) is 3.01. The third kappa shape index (κ3) is 6.30. The van der Waals surface area contributed by atoms with Crippen LogP contribution < -0.4 is 14.8 Å². The summed E-state index contributed by atoms with van der Waals surface area (Å²) in [5.74, 6) is 0.317. The number of ether oxygens (including phenoxy) is 2. The molecule has 29 heavy (non-hydrogen) atoms. The van der Waals surface area contributed by atoms with Crippen LogP contribution in [0.15, 0.2) is 42.5 Å². The van der Waals surface area contributed by atoms with Crippen LogP contribution in [-0.2, 0) is 0 Å². The highest BCUT2D eigenvalue weighted by molar-refractivity contribution is 5.85. The number of phenolic OH excluding ortho intramolecular Hbond substituents is 1. The van der Waals surface area contributed by atoms with Crippen LogP contribution in [0.1, 0.15) is 17.2 Å². The lowest BCUT2D eigenvalue weighted by atomic mass is 9.94. The molecule has 0 saturated carbocycles. The number of nitrogens with zero attached hydrogens (tertiary/aromatic N) is 1. The van der Waals surface area contributed by atoms with Crippen LogP contribution in [0.2, 0.25) is 0 Å². The first-order valence-electron chi connectivity index (χ1n) is 8.55. The van der Waals surface area contributed by atoms with Gasteiger partial charge in [-0.25, -0.2) is 0 Å². The van der Waals surface area contributed by atoms with Crippen LogP contribution in [0.4, 0.5) is 13.2 Å². The van der Waals surface area contributed by atoms with Crippen molar-refractivity contribution in [1.29, 1.82) is 0 Å². The molecule has 162 valence electrons. The molecule has 0 amide bonds. The minimum absolute atomic E-state index is 0. The van der Waals surface area contributed by atoms with Gasteiger partial charge in [0.2, 0.25) is 0 Å². The third-order valence-corrected chi connectivity index (χ3v) is 4.48. The zero-order valence-electron chi connectivity index (χ0n) is 15.6. The van der Waals surface area contributed by atoms with Gasteiger partial charge in [0.25, 0.3) is 0 Å². The van der Waals surface area contributed by atoms with E-state index in [9.17, 15) is 18.3 Å². The normalized spacial score (nSPS) is 15.6. The van der Waals surface area contributed by atoms with Crippen LogP contribution in [-0.4, -0.2) is 49.7 Å². The Balaban J connectivity index is 0.00000210. The Labute approximate surface area is 179 Å². The Morgan fingerprint density at radius 1 is 1.03 bits per heavy atom. The standard InChI is InChI=1S/C19H21F3N2O3.2ClH/c1-26-16-4-2-3-15(25)17(16)18(24-11-9-23-10-12-24)13-5-7-14(8-6-13)27-19(20,21)22;;/h2-8,18,23,25H,9-12H2,1H3;2*1H/t18-;;/m0../s1. The molecule has 2 aromatic carbocycles. The van der Waals surface area contributed by atoms with E-state index in [1.807, 2.05) is 0 Å². The van der Waals surface area contributed by atoms with Crippen molar-refractivity contribution in [1.82, 2.24) is 10.2 Å². The van der Waals surface area contributed by atoms with Gasteiger partial charge < -0.3 is 19.9 Å². The summed E-state index contributed by atoms with van der Waals surface area (Å²) in [5.41, 5.74) is 1.33. The second-order valence-electron chi connectivity index (χ2n) is 6.20. The fourth-order valence-corrected chi connectivity index (χ4v) is 3.34.